The molecule has 1 aliphatic rings. The number of hydrogen-bond acceptors (Lipinski definition) is 3. The van der Waals surface area contributed by atoms with Gasteiger partial charge in [0, 0.05) is 18.6 Å². The molecule has 5 nitrogen and oxygen atoms in total. The number of nitrogens with zero attached hydrogens (tertiary/aromatic N) is 2. The van der Waals surface area contributed by atoms with Gasteiger partial charge in [0.25, 0.3) is 0 Å². The van der Waals surface area contributed by atoms with Crippen molar-refractivity contribution in [3.8, 4) is 0 Å². The van der Waals surface area contributed by atoms with Crippen molar-refractivity contribution >= 4 is 12.0 Å². The normalized spacial score (nSPS) is 17.4. The number of benzene rings is 1. The SMILES string of the molecule is CC(C)N(C(=O)[C@@H]1CCCN1C(=O)OCc1ccccc1)C(C)C. The molecule has 0 unspecified atom stereocenters. The Labute approximate surface area is 144 Å². The minimum absolute atomic E-state index is 0.0224. The highest BCUT2D eigenvalue weighted by molar-refractivity contribution is 5.86. The minimum atomic E-state index is -0.405. The lowest BCUT2D eigenvalue weighted by molar-refractivity contribution is -0.139. The highest BCUT2D eigenvalue weighted by Crippen LogP contribution is 2.23. The van der Waals surface area contributed by atoms with Crippen LogP contribution in [-0.4, -0.2) is 46.5 Å². The van der Waals surface area contributed by atoms with E-state index in [1.807, 2.05) is 62.9 Å². The van der Waals surface area contributed by atoms with Crippen LogP contribution in [0.15, 0.2) is 30.3 Å². The van der Waals surface area contributed by atoms with Crippen molar-refractivity contribution in [2.24, 2.45) is 0 Å². The maximum absolute atomic E-state index is 12.9. The lowest BCUT2D eigenvalue weighted by Crippen LogP contribution is -2.52. The van der Waals surface area contributed by atoms with E-state index in [2.05, 4.69) is 0 Å². The van der Waals surface area contributed by atoms with E-state index in [1.54, 1.807) is 4.90 Å². The molecule has 5 heteroatoms. The van der Waals surface area contributed by atoms with Crippen molar-refractivity contribution in [1.29, 1.82) is 0 Å². The molecule has 132 valence electrons. The summed E-state index contributed by atoms with van der Waals surface area (Å²) in [6.07, 6.45) is 1.14. The summed E-state index contributed by atoms with van der Waals surface area (Å²) in [7, 11) is 0. The first-order chi connectivity index (χ1) is 11.4. The van der Waals surface area contributed by atoms with Crippen molar-refractivity contribution in [2.75, 3.05) is 6.54 Å². The molecular weight excluding hydrogens is 304 g/mol. The van der Waals surface area contributed by atoms with E-state index in [0.29, 0.717) is 13.0 Å². The Hall–Kier alpha value is -2.04. The van der Waals surface area contributed by atoms with Crippen LogP contribution in [0.3, 0.4) is 0 Å². The van der Waals surface area contributed by atoms with E-state index in [-0.39, 0.29) is 24.6 Å². The second-order valence-corrected chi connectivity index (χ2v) is 6.82. The fraction of sp³-hybridized carbons (Fsp3) is 0.579. The monoisotopic (exact) mass is 332 g/mol. The maximum Gasteiger partial charge on any atom is 0.410 e. The second-order valence-electron chi connectivity index (χ2n) is 6.82. The number of likely N-dealkylation sites (tertiary alicyclic amines) is 1. The topological polar surface area (TPSA) is 49.9 Å². The molecule has 0 bridgehead atoms. The highest BCUT2D eigenvalue weighted by Gasteiger charge is 2.38. The zero-order valence-corrected chi connectivity index (χ0v) is 15.1. The van der Waals surface area contributed by atoms with Crippen LogP contribution in [0.1, 0.15) is 46.1 Å². The third-order valence-electron chi connectivity index (χ3n) is 4.34. The van der Waals surface area contributed by atoms with Crippen molar-refractivity contribution in [2.45, 2.75) is 65.3 Å². The predicted octanol–water partition coefficient (Wildman–Crippen LogP) is 3.43. The van der Waals surface area contributed by atoms with Gasteiger partial charge in [-0.1, -0.05) is 30.3 Å². The van der Waals surface area contributed by atoms with Crippen LogP contribution < -0.4 is 0 Å². The quantitative estimate of drug-likeness (QED) is 0.830. The van der Waals surface area contributed by atoms with E-state index < -0.39 is 12.1 Å². The van der Waals surface area contributed by atoms with E-state index in [9.17, 15) is 9.59 Å². The van der Waals surface area contributed by atoms with Crippen LogP contribution in [0.25, 0.3) is 0 Å². The molecule has 1 atom stereocenters. The van der Waals surface area contributed by atoms with Gasteiger partial charge in [-0.3, -0.25) is 9.69 Å². The van der Waals surface area contributed by atoms with Gasteiger partial charge in [0.05, 0.1) is 0 Å². The van der Waals surface area contributed by atoms with Gasteiger partial charge < -0.3 is 9.64 Å². The molecular formula is C19H28N2O3. The second kappa shape index (κ2) is 8.18. The van der Waals surface area contributed by atoms with Crippen molar-refractivity contribution < 1.29 is 14.3 Å². The Morgan fingerprint density at radius 3 is 2.38 bits per heavy atom. The number of rotatable bonds is 5. The standard InChI is InChI=1S/C19H28N2O3/c1-14(2)21(15(3)4)18(22)17-11-8-12-20(17)19(23)24-13-16-9-6-5-7-10-16/h5-7,9-10,14-15,17H,8,11-13H2,1-4H3/t17-/m0/s1. The number of carbonyl (C=O) groups excluding carboxylic acids is 2. The van der Waals surface area contributed by atoms with Crippen LogP contribution in [0, 0.1) is 0 Å². The van der Waals surface area contributed by atoms with Gasteiger partial charge >= 0.3 is 6.09 Å². The summed E-state index contributed by atoms with van der Waals surface area (Å²) in [5.74, 6) is 0.0224. The summed E-state index contributed by atoms with van der Waals surface area (Å²) in [6.45, 7) is 8.83. The molecule has 2 rings (SSSR count). The number of amides is 2. The van der Waals surface area contributed by atoms with Gasteiger partial charge in [-0.05, 0) is 46.1 Å². The van der Waals surface area contributed by atoms with Crippen molar-refractivity contribution in [3.63, 3.8) is 0 Å². The third kappa shape index (κ3) is 4.28. The summed E-state index contributed by atoms with van der Waals surface area (Å²) < 4.78 is 5.41. The zero-order chi connectivity index (χ0) is 17.7. The molecule has 0 N–H and O–H groups in total. The average Bonchev–Trinajstić information content (AvgIpc) is 3.02. The first-order valence-electron chi connectivity index (χ1n) is 8.71. The van der Waals surface area contributed by atoms with Gasteiger partial charge in [-0.25, -0.2) is 4.79 Å². The van der Waals surface area contributed by atoms with Crippen LogP contribution >= 0.6 is 0 Å². The average molecular weight is 332 g/mol. The summed E-state index contributed by atoms with van der Waals surface area (Å²) >= 11 is 0. The molecule has 1 saturated heterocycles. The Balaban J connectivity index is 2.01. The number of carbonyl (C=O) groups is 2. The fourth-order valence-corrected chi connectivity index (χ4v) is 3.32. The van der Waals surface area contributed by atoms with Gasteiger partial charge in [-0.2, -0.15) is 0 Å². The fourth-order valence-electron chi connectivity index (χ4n) is 3.32. The molecule has 0 spiro atoms. The van der Waals surface area contributed by atoms with E-state index in [4.69, 9.17) is 4.74 Å². The van der Waals surface area contributed by atoms with E-state index in [1.165, 1.54) is 0 Å². The third-order valence-corrected chi connectivity index (χ3v) is 4.34. The van der Waals surface area contributed by atoms with Crippen LogP contribution in [0.4, 0.5) is 4.79 Å². The maximum atomic E-state index is 12.9. The smallest absolute Gasteiger partial charge is 0.410 e. The van der Waals surface area contributed by atoms with Gasteiger partial charge in [-0.15, -0.1) is 0 Å². The van der Waals surface area contributed by atoms with Gasteiger partial charge in [0.1, 0.15) is 12.6 Å². The predicted molar refractivity (Wildman–Crippen MR) is 93.5 cm³/mol. The van der Waals surface area contributed by atoms with E-state index >= 15 is 0 Å². The molecule has 0 radical (unpaired) electrons. The molecule has 24 heavy (non-hydrogen) atoms. The molecule has 0 aromatic heterocycles. The molecule has 1 fully saturated rings. The number of ether oxygens (including phenoxy) is 1. The summed E-state index contributed by atoms with van der Waals surface area (Å²) in [5, 5.41) is 0. The Bertz CT molecular complexity index is 549. The molecule has 2 amide bonds. The summed E-state index contributed by atoms with van der Waals surface area (Å²) in [6, 6.07) is 9.40. The van der Waals surface area contributed by atoms with Crippen molar-refractivity contribution in [1.82, 2.24) is 9.80 Å². The lowest BCUT2D eigenvalue weighted by Gasteiger charge is -2.35. The Morgan fingerprint density at radius 1 is 1.17 bits per heavy atom. The molecule has 0 saturated carbocycles. The summed E-state index contributed by atoms with van der Waals surface area (Å²) in [4.78, 5) is 28.8. The van der Waals surface area contributed by atoms with E-state index in [0.717, 1.165) is 12.0 Å². The first-order valence-corrected chi connectivity index (χ1v) is 8.71. The molecule has 0 aliphatic carbocycles. The van der Waals surface area contributed by atoms with Crippen molar-refractivity contribution in [3.05, 3.63) is 35.9 Å². The van der Waals surface area contributed by atoms with Gasteiger partial charge in [0.2, 0.25) is 5.91 Å². The van der Waals surface area contributed by atoms with Crippen LogP contribution in [-0.2, 0) is 16.1 Å². The highest BCUT2D eigenvalue weighted by atomic mass is 16.6. The Kier molecular flexibility index (Phi) is 6.23. The molecule has 1 aliphatic heterocycles. The first kappa shape index (κ1) is 18.3. The molecule has 1 aromatic carbocycles. The molecule has 1 heterocycles. The van der Waals surface area contributed by atoms with Crippen LogP contribution in [0.5, 0.6) is 0 Å². The zero-order valence-electron chi connectivity index (χ0n) is 15.1. The summed E-state index contributed by atoms with van der Waals surface area (Å²) in [5.41, 5.74) is 0.943. The minimum Gasteiger partial charge on any atom is -0.445 e. The molecule has 1 aromatic rings. The van der Waals surface area contributed by atoms with Crippen LogP contribution in [0.2, 0.25) is 0 Å². The Morgan fingerprint density at radius 2 is 1.79 bits per heavy atom. The lowest BCUT2D eigenvalue weighted by atomic mass is 10.1. The largest absolute Gasteiger partial charge is 0.445 e. The number of hydrogen-bond donors (Lipinski definition) is 0. The van der Waals surface area contributed by atoms with Gasteiger partial charge in [0.15, 0.2) is 0 Å².